The van der Waals surface area contributed by atoms with E-state index >= 15 is 0 Å². The Morgan fingerprint density at radius 2 is 1.97 bits per heavy atom. The van der Waals surface area contributed by atoms with E-state index in [2.05, 4.69) is 12.1 Å². The van der Waals surface area contributed by atoms with E-state index in [9.17, 15) is 9.18 Å². The smallest absolute Gasteiger partial charge is 0.229 e. The molecule has 0 fully saturated rings. The minimum atomic E-state index is -0.389. The molecule has 3 heterocycles. The van der Waals surface area contributed by atoms with E-state index in [1.54, 1.807) is 23.5 Å². The number of halogens is 1. The SMILES string of the molecule is CN(Cc1ccccc1)c1nc2c(c(Oc3cccc(F)c3)n1)CN(C(=O)Cc1cccs1)CC2. The quantitative estimate of drug-likeness (QED) is 0.356. The van der Waals surface area contributed by atoms with Gasteiger partial charge in [0.2, 0.25) is 17.7 Å². The van der Waals surface area contributed by atoms with Crippen LogP contribution in [0.25, 0.3) is 0 Å². The molecule has 1 aliphatic heterocycles. The number of ether oxygens (including phenoxy) is 1. The normalized spacial score (nSPS) is 12.8. The Morgan fingerprint density at radius 3 is 2.74 bits per heavy atom. The first-order valence-electron chi connectivity index (χ1n) is 11.4. The van der Waals surface area contributed by atoms with E-state index in [0.29, 0.717) is 50.1 Å². The maximum atomic E-state index is 13.8. The maximum absolute atomic E-state index is 13.8. The summed E-state index contributed by atoms with van der Waals surface area (Å²) in [6.45, 7) is 1.56. The number of carbonyl (C=O) groups is 1. The number of anilines is 1. The van der Waals surface area contributed by atoms with Gasteiger partial charge in [-0.05, 0) is 29.1 Å². The zero-order chi connectivity index (χ0) is 24.2. The van der Waals surface area contributed by atoms with E-state index in [4.69, 9.17) is 14.7 Å². The highest BCUT2D eigenvalue weighted by molar-refractivity contribution is 7.10. The first-order chi connectivity index (χ1) is 17.0. The van der Waals surface area contributed by atoms with Gasteiger partial charge in [-0.25, -0.2) is 9.37 Å². The predicted octanol–water partition coefficient (Wildman–Crippen LogP) is 5.23. The van der Waals surface area contributed by atoms with Crippen LogP contribution in [0.3, 0.4) is 0 Å². The summed E-state index contributed by atoms with van der Waals surface area (Å²) in [5, 5.41) is 1.97. The molecular weight excluding hydrogens is 463 g/mol. The van der Waals surface area contributed by atoms with Crippen LogP contribution in [0.2, 0.25) is 0 Å². The van der Waals surface area contributed by atoms with Gasteiger partial charge in [0.25, 0.3) is 0 Å². The number of fused-ring (bicyclic) bond motifs is 1. The van der Waals surface area contributed by atoms with Crippen LogP contribution in [0, 0.1) is 5.82 Å². The van der Waals surface area contributed by atoms with Crippen LogP contribution < -0.4 is 9.64 Å². The molecule has 1 aliphatic rings. The van der Waals surface area contributed by atoms with Crippen LogP contribution in [0.1, 0.15) is 21.7 Å². The van der Waals surface area contributed by atoms with Crippen molar-refractivity contribution in [1.29, 1.82) is 0 Å². The number of rotatable bonds is 7. The largest absolute Gasteiger partial charge is 0.438 e. The zero-order valence-electron chi connectivity index (χ0n) is 19.4. The fraction of sp³-hybridized carbons (Fsp3) is 0.222. The molecule has 35 heavy (non-hydrogen) atoms. The summed E-state index contributed by atoms with van der Waals surface area (Å²) < 4.78 is 19.9. The molecule has 0 aliphatic carbocycles. The lowest BCUT2D eigenvalue weighted by molar-refractivity contribution is -0.131. The van der Waals surface area contributed by atoms with Crippen molar-refractivity contribution in [1.82, 2.24) is 14.9 Å². The van der Waals surface area contributed by atoms with Gasteiger partial charge < -0.3 is 14.5 Å². The highest BCUT2D eigenvalue weighted by atomic mass is 32.1. The fourth-order valence-electron chi connectivity index (χ4n) is 4.08. The molecule has 0 radical (unpaired) electrons. The molecule has 0 unspecified atom stereocenters. The van der Waals surface area contributed by atoms with Crippen molar-refractivity contribution in [3.05, 3.63) is 99.6 Å². The van der Waals surface area contributed by atoms with Crippen molar-refractivity contribution >= 4 is 23.2 Å². The molecule has 0 N–H and O–H groups in total. The standard InChI is InChI=1S/C27H25FN4O2S/c1-31(17-19-7-3-2-4-8-19)27-29-24-12-13-32(25(33)16-22-11-6-14-35-22)18-23(24)26(30-27)34-21-10-5-9-20(28)15-21/h2-11,14-15H,12-13,16-18H2,1H3. The van der Waals surface area contributed by atoms with E-state index in [1.807, 2.05) is 52.6 Å². The number of hydrogen-bond acceptors (Lipinski definition) is 6. The van der Waals surface area contributed by atoms with E-state index in [-0.39, 0.29) is 11.7 Å². The third kappa shape index (κ3) is 5.49. The summed E-state index contributed by atoms with van der Waals surface area (Å²) in [7, 11) is 1.93. The number of nitrogens with zero attached hydrogens (tertiary/aromatic N) is 4. The molecule has 0 saturated heterocycles. The fourth-order valence-corrected chi connectivity index (χ4v) is 4.78. The van der Waals surface area contributed by atoms with Crippen LogP contribution in [0.15, 0.2) is 72.1 Å². The molecule has 8 heteroatoms. The maximum Gasteiger partial charge on any atom is 0.229 e. The van der Waals surface area contributed by atoms with Gasteiger partial charge in [-0.3, -0.25) is 4.79 Å². The van der Waals surface area contributed by atoms with Gasteiger partial charge in [0, 0.05) is 37.5 Å². The van der Waals surface area contributed by atoms with Crippen molar-refractivity contribution in [2.75, 3.05) is 18.5 Å². The molecule has 6 nitrogen and oxygen atoms in total. The average Bonchev–Trinajstić information content (AvgIpc) is 3.37. The molecule has 178 valence electrons. The topological polar surface area (TPSA) is 58.6 Å². The third-order valence-electron chi connectivity index (χ3n) is 5.88. The molecule has 0 bridgehead atoms. The van der Waals surface area contributed by atoms with Crippen molar-refractivity contribution in [2.24, 2.45) is 0 Å². The molecule has 4 aromatic rings. The lowest BCUT2D eigenvalue weighted by Crippen LogP contribution is -2.37. The minimum Gasteiger partial charge on any atom is -0.438 e. The van der Waals surface area contributed by atoms with Crippen molar-refractivity contribution in [2.45, 2.75) is 25.9 Å². The second kappa shape index (κ2) is 10.2. The molecule has 0 saturated carbocycles. The number of carbonyl (C=O) groups excluding carboxylic acids is 1. The molecule has 5 rings (SSSR count). The lowest BCUT2D eigenvalue weighted by Gasteiger charge is -2.30. The first kappa shape index (κ1) is 23.0. The van der Waals surface area contributed by atoms with Gasteiger partial charge in [-0.1, -0.05) is 42.5 Å². The van der Waals surface area contributed by atoms with Gasteiger partial charge >= 0.3 is 0 Å². The Balaban J connectivity index is 1.44. The molecule has 1 amide bonds. The molecule has 2 aromatic heterocycles. The van der Waals surface area contributed by atoms with Crippen molar-refractivity contribution in [3.63, 3.8) is 0 Å². The van der Waals surface area contributed by atoms with E-state index in [1.165, 1.54) is 12.1 Å². The van der Waals surface area contributed by atoms with Gasteiger partial charge in [0.05, 0.1) is 24.2 Å². The van der Waals surface area contributed by atoms with Crippen LogP contribution in [0.5, 0.6) is 11.6 Å². The van der Waals surface area contributed by atoms with Gasteiger partial charge in [-0.2, -0.15) is 4.98 Å². The number of thiophene rings is 1. The van der Waals surface area contributed by atoms with E-state index < -0.39 is 0 Å². The van der Waals surface area contributed by atoms with Crippen molar-refractivity contribution < 1.29 is 13.9 Å². The first-order valence-corrected chi connectivity index (χ1v) is 12.3. The Labute approximate surface area is 207 Å². The number of aromatic nitrogens is 2. The molecular formula is C27H25FN4O2S. The number of amides is 1. The second-order valence-corrected chi connectivity index (χ2v) is 9.51. The summed E-state index contributed by atoms with van der Waals surface area (Å²) in [4.78, 5) is 27.3. The van der Waals surface area contributed by atoms with Gasteiger partial charge in [0.1, 0.15) is 11.6 Å². The minimum absolute atomic E-state index is 0.0556. The summed E-state index contributed by atoms with van der Waals surface area (Å²) in [5.41, 5.74) is 2.74. The lowest BCUT2D eigenvalue weighted by atomic mass is 10.1. The van der Waals surface area contributed by atoms with Crippen LogP contribution in [-0.4, -0.2) is 34.4 Å². The van der Waals surface area contributed by atoms with Crippen LogP contribution in [-0.2, 0) is 30.7 Å². The Morgan fingerprint density at radius 1 is 1.11 bits per heavy atom. The van der Waals surface area contributed by atoms with E-state index in [0.717, 1.165) is 21.7 Å². The molecule has 2 aromatic carbocycles. The number of hydrogen-bond donors (Lipinski definition) is 0. The number of benzene rings is 2. The Kier molecular flexibility index (Phi) is 6.72. The zero-order valence-corrected chi connectivity index (χ0v) is 20.2. The highest BCUT2D eigenvalue weighted by Gasteiger charge is 2.27. The second-order valence-electron chi connectivity index (χ2n) is 8.48. The average molecular weight is 489 g/mol. The Hall–Kier alpha value is -3.78. The Bertz CT molecular complexity index is 1310. The van der Waals surface area contributed by atoms with Gasteiger partial charge in [-0.15, -0.1) is 11.3 Å². The third-order valence-corrected chi connectivity index (χ3v) is 6.76. The summed E-state index contributed by atoms with van der Waals surface area (Å²) in [6, 6.07) is 20.0. The van der Waals surface area contributed by atoms with Crippen molar-refractivity contribution in [3.8, 4) is 11.6 Å². The molecule has 0 spiro atoms. The molecule has 0 atom stereocenters. The highest BCUT2D eigenvalue weighted by Crippen LogP contribution is 2.32. The summed E-state index contributed by atoms with van der Waals surface area (Å²) in [5.74, 6) is 0.894. The monoisotopic (exact) mass is 488 g/mol. The van der Waals surface area contributed by atoms with Gasteiger partial charge in [0.15, 0.2) is 0 Å². The van der Waals surface area contributed by atoms with Crippen LogP contribution in [0.4, 0.5) is 10.3 Å². The van der Waals surface area contributed by atoms with Crippen LogP contribution >= 0.6 is 11.3 Å². The summed E-state index contributed by atoms with van der Waals surface area (Å²) >= 11 is 1.58. The summed E-state index contributed by atoms with van der Waals surface area (Å²) in [6.07, 6.45) is 0.964. The predicted molar refractivity (Wildman–Crippen MR) is 134 cm³/mol.